The lowest BCUT2D eigenvalue weighted by Gasteiger charge is -2.25. The number of nitrogens with two attached hydrogens (primary N) is 2. The van der Waals surface area contributed by atoms with Gasteiger partial charge in [0.15, 0.2) is 11.5 Å². The van der Waals surface area contributed by atoms with Gasteiger partial charge in [-0.15, -0.1) is 0 Å². The van der Waals surface area contributed by atoms with Crippen LogP contribution in [-0.2, 0) is 13.0 Å². The van der Waals surface area contributed by atoms with Crippen molar-refractivity contribution in [3.63, 3.8) is 0 Å². The maximum absolute atomic E-state index is 6.51. The maximum atomic E-state index is 6.51. The number of hydrogen-bond acceptors (Lipinski definition) is 6. The quantitative estimate of drug-likeness (QED) is 0.729. The molecule has 3 heterocycles. The van der Waals surface area contributed by atoms with Crippen LogP contribution in [0.4, 0.5) is 11.5 Å². The fourth-order valence-corrected chi connectivity index (χ4v) is 4.01. The van der Waals surface area contributed by atoms with Gasteiger partial charge in [-0.2, -0.15) is 0 Å². The van der Waals surface area contributed by atoms with Crippen LogP contribution in [-0.4, -0.2) is 38.7 Å². The van der Waals surface area contributed by atoms with Crippen LogP contribution < -0.4 is 16.4 Å². The highest BCUT2D eigenvalue weighted by Gasteiger charge is 2.24. The van der Waals surface area contributed by atoms with Gasteiger partial charge < -0.3 is 20.9 Å². The molecule has 8 heteroatoms. The van der Waals surface area contributed by atoms with Crippen LogP contribution in [0.25, 0.3) is 11.2 Å². The van der Waals surface area contributed by atoms with Crippen molar-refractivity contribution >= 4 is 34.3 Å². The number of nitrogen functional groups attached to an aromatic ring is 1. The molecule has 0 aliphatic carbocycles. The van der Waals surface area contributed by atoms with Crippen molar-refractivity contribution in [1.82, 2.24) is 19.5 Å². The number of aromatic nitrogens is 4. The number of hydrogen-bond donors (Lipinski definition) is 2. The minimum atomic E-state index is 0.213. The first kappa shape index (κ1) is 17.1. The zero-order valence-electron chi connectivity index (χ0n) is 14.7. The van der Waals surface area contributed by atoms with Gasteiger partial charge in [0, 0.05) is 29.8 Å². The monoisotopic (exact) mass is 371 g/mol. The van der Waals surface area contributed by atoms with Gasteiger partial charge in [0.1, 0.15) is 11.8 Å². The normalized spacial score (nSPS) is 17.3. The average molecular weight is 372 g/mol. The summed E-state index contributed by atoms with van der Waals surface area (Å²) in [6.07, 6.45) is 5.08. The summed E-state index contributed by atoms with van der Waals surface area (Å²) >= 11 is 6.51. The Hall–Kier alpha value is -2.38. The molecule has 1 fully saturated rings. The van der Waals surface area contributed by atoms with E-state index in [2.05, 4.69) is 32.8 Å². The van der Waals surface area contributed by atoms with E-state index in [-0.39, 0.29) is 6.04 Å². The first-order valence-corrected chi connectivity index (χ1v) is 9.18. The Morgan fingerprint density at radius 1 is 1.23 bits per heavy atom. The summed E-state index contributed by atoms with van der Waals surface area (Å²) in [7, 11) is 0. The number of imidazole rings is 1. The number of benzene rings is 1. The minimum Gasteiger partial charge on any atom is -0.382 e. The van der Waals surface area contributed by atoms with E-state index in [1.165, 1.54) is 17.6 Å². The van der Waals surface area contributed by atoms with E-state index < -0.39 is 0 Å². The summed E-state index contributed by atoms with van der Waals surface area (Å²) in [6.45, 7) is 4.56. The van der Waals surface area contributed by atoms with Crippen LogP contribution in [0.2, 0.25) is 5.02 Å². The largest absolute Gasteiger partial charge is 0.382 e. The molecule has 1 aliphatic rings. The van der Waals surface area contributed by atoms with Crippen molar-refractivity contribution in [3.05, 3.63) is 40.9 Å². The fraction of sp³-hybridized carbons (Fsp3) is 0.389. The maximum Gasteiger partial charge on any atom is 0.165 e. The zero-order chi connectivity index (χ0) is 18.3. The summed E-state index contributed by atoms with van der Waals surface area (Å²) < 4.78 is 2.00. The van der Waals surface area contributed by atoms with Crippen LogP contribution in [0, 0.1) is 0 Å². The number of halogens is 1. The Labute approximate surface area is 157 Å². The molecule has 1 unspecified atom stereocenters. The van der Waals surface area contributed by atoms with Crippen LogP contribution >= 0.6 is 11.6 Å². The van der Waals surface area contributed by atoms with E-state index in [9.17, 15) is 0 Å². The molecule has 0 radical (unpaired) electrons. The third-order valence-electron chi connectivity index (χ3n) is 5.03. The lowest BCUT2D eigenvalue weighted by atomic mass is 10.0. The third-order valence-corrected chi connectivity index (χ3v) is 5.38. The molecule has 1 saturated heterocycles. The first-order chi connectivity index (χ1) is 12.6. The second kappa shape index (κ2) is 6.74. The molecular weight excluding hydrogens is 350 g/mol. The Morgan fingerprint density at radius 2 is 2.08 bits per heavy atom. The van der Waals surface area contributed by atoms with Crippen LogP contribution in [0.15, 0.2) is 24.8 Å². The van der Waals surface area contributed by atoms with Gasteiger partial charge in [-0.1, -0.05) is 18.5 Å². The number of anilines is 2. The molecule has 0 saturated carbocycles. The van der Waals surface area contributed by atoms with Crippen LogP contribution in [0.5, 0.6) is 0 Å². The van der Waals surface area contributed by atoms with E-state index in [0.29, 0.717) is 17.9 Å². The van der Waals surface area contributed by atoms with E-state index >= 15 is 0 Å². The van der Waals surface area contributed by atoms with E-state index in [4.69, 9.17) is 23.1 Å². The van der Waals surface area contributed by atoms with Crippen LogP contribution in [0.1, 0.15) is 24.5 Å². The first-order valence-electron chi connectivity index (χ1n) is 8.80. The van der Waals surface area contributed by atoms with Crippen molar-refractivity contribution < 1.29 is 0 Å². The molecule has 0 spiro atoms. The fourth-order valence-electron chi connectivity index (χ4n) is 3.70. The van der Waals surface area contributed by atoms with Gasteiger partial charge in [0.2, 0.25) is 0 Å². The minimum absolute atomic E-state index is 0.213. The van der Waals surface area contributed by atoms with Gasteiger partial charge in [-0.05, 0) is 36.1 Å². The van der Waals surface area contributed by atoms with Gasteiger partial charge in [-0.3, -0.25) is 0 Å². The van der Waals surface area contributed by atoms with Gasteiger partial charge in [0.25, 0.3) is 0 Å². The highest BCUT2D eigenvalue weighted by molar-refractivity contribution is 6.31. The van der Waals surface area contributed by atoms with Gasteiger partial charge in [0.05, 0.1) is 12.9 Å². The second-order valence-corrected chi connectivity index (χ2v) is 7.08. The van der Waals surface area contributed by atoms with Crippen molar-refractivity contribution in [2.24, 2.45) is 5.73 Å². The lowest BCUT2D eigenvalue weighted by molar-refractivity contribution is 0.750. The van der Waals surface area contributed by atoms with Gasteiger partial charge in [-0.25, -0.2) is 15.0 Å². The summed E-state index contributed by atoms with van der Waals surface area (Å²) in [5.74, 6) is 0.390. The predicted molar refractivity (Wildman–Crippen MR) is 104 cm³/mol. The molecular formula is C18H22ClN7. The summed E-state index contributed by atoms with van der Waals surface area (Å²) in [5, 5.41) is 0.785. The highest BCUT2D eigenvalue weighted by atomic mass is 35.5. The second-order valence-electron chi connectivity index (χ2n) is 6.68. The molecule has 4 rings (SSSR count). The smallest absolute Gasteiger partial charge is 0.165 e. The third kappa shape index (κ3) is 2.87. The molecule has 1 aromatic carbocycles. The summed E-state index contributed by atoms with van der Waals surface area (Å²) in [6, 6.07) is 4.29. The Morgan fingerprint density at radius 3 is 2.81 bits per heavy atom. The van der Waals surface area contributed by atoms with E-state index in [0.717, 1.165) is 42.2 Å². The topological polar surface area (TPSA) is 98.9 Å². The number of rotatable bonds is 4. The molecule has 4 N–H and O–H groups in total. The average Bonchev–Trinajstić information content (AvgIpc) is 3.23. The summed E-state index contributed by atoms with van der Waals surface area (Å²) in [4.78, 5) is 15.1. The number of nitrogens with zero attached hydrogens (tertiary/aromatic N) is 5. The van der Waals surface area contributed by atoms with Crippen LogP contribution in [0.3, 0.4) is 0 Å². The predicted octanol–water partition coefficient (Wildman–Crippen LogP) is 2.21. The summed E-state index contributed by atoms with van der Waals surface area (Å²) in [5.41, 5.74) is 16.9. The Bertz CT molecular complexity index is 952. The number of fused-ring (bicyclic) bond motifs is 1. The van der Waals surface area contributed by atoms with E-state index in [1.54, 1.807) is 6.33 Å². The Kier molecular flexibility index (Phi) is 4.42. The molecule has 1 atom stereocenters. The van der Waals surface area contributed by atoms with Crippen molar-refractivity contribution in [3.8, 4) is 0 Å². The van der Waals surface area contributed by atoms with Gasteiger partial charge >= 0.3 is 0 Å². The molecule has 136 valence electrons. The standard InChI is InChI=1S/C18H22ClN7/c1-2-12-13(8-26-10-24-16-17(21)22-9-23-18(16)26)15(4-3-14(12)19)25-6-5-11(20)7-25/h3-4,9-11H,2,5-8,20H2,1H3,(H2,21,22,23). The van der Waals surface area contributed by atoms with Crippen molar-refractivity contribution in [2.75, 3.05) is 23.7 Å². The molecule has 7 nitrogen and oxygen atoms in total. The molecule has 2 aromatic heterocycles. The van der Waals surface area contributed by atoms with Crippen molar-refractivity contribution in [2.45, 2.75) is 32.4 Å². The molecule has 3 aromatic rings. The zero-order valence-corrected chi connectivity index (χ0v) is 15.4. The molecule has 1 aliphatic heterocycles. The highest BCUT2D eigenvalue weighted by Crippen LogP contribution is 2.33. The molecule has 26 heavy (non-hydrogen) atoms. The molecule has 0 bridgehead atoms. The SMILES string of the molecule is CCc1c(Cl)ccc(N2CCC(N)C2)c1Cn1cnc2c(N)ncnc21. The Balaban J connectivity index is 1.81. The van der Waals surface area contributed by atoms with E-state index in [1.807, 2.05) is 10.6 Å². The lowest BCUT2D eigenvalue weighted by Crippen LogP contribution is -2.27. The van der Waals surface area contributed by atoms with Crippen molar-refractivity contribution in [1.29, 1.82) is 0 Å². The molecule has 0 amide bonds.